The van der Waals surface area contributed by atoms with Gasteiger partial charge in [0.15, 0.2) is 5.58 Å². The molecule has 2 saturated heterocycles. The van der Waals surface area contributed by atoms with Crippen molar-refractivity contribution in [2.75, 3.05) is 31.1 Å². The topological polar surface area (TPSA) is 78.7 Å². The van der Waals surface area contributed by atoms with Gasteiger partial charge >= 0.3 is 0 Å². The van der Waals surface area contributed by atoms with E-state index in [0.29, 0.717) is 31.9 Å². The van der Waals surface area contributed by atoms with E-state index in [1.807, 2.05) is 29.2 Å². The van der Waals surface area contributed by atoms with Crippen molar-refractivity contribution in [2.45, 2.75) is 51.0 Å². The molecule has 0 aliphatic carbocycles. The maximum atomic E-state index is 12.8. The Bertz CT molecular complexity index is 831. The van der Waals surface area contributed by atoms with Gasteiger partial charge in [-0.1, -0.05) is 19.1 Å². The first-order valence-electron chi connectivity index (χ1n) is 10.3. The molecule has 0 bridgehead atoms. The molecule has 2 aromatic rings. The third-order valence-electron chi connectivity index (χ3n) is 6.13. The average Bonchev–Trinajstić information content (AvgIpc) is 3.22. The fraction of sp³-hybridized carbons (Fsp3) is 0.571. The minimum Gasteiger partial charge on any atom is -0.423 e. The van der Waals surface area contributed by atoms with Crippen molar-refractivity contribution in [1.82, 2.24) is 15.2 Å². The molecular formula is C21H28N4O3. The fourth-order valence-corrected chi connectivity index (χ4v) is 4.26. The Morgan fingerprint density at radius 3 is 2.86 bits per heavy atom. The molecule has 3 heterocycles. The summed E-state index contributed by atoms with van der Waals surface area (Å²) in [6, 6.07) is 8.39. The van der Waals surface area contributed by atoms with Crippen LogP contribution in [0.25, 0.3) is 11.1 Å². The van der Waals surface area contributed by atoms with Crippen LogP contribution in [-0.4, -0.2) is 53.4 Å². The predicted molar refractivity (Wildman–Crippen MR) is 107 cm³/mol. The van der Waals surface area contributed by atoms with Crippen molar-refractivity contribution in [3.05, 3.63) is 24.3 Å². The van der Waals surface area contributed by atoms with Crippen LogP contribution < -0.4 is 10.2 Å². The summed E-state index contributed by atoms with van der Waals surface area (Å²) in [6.45, 7) is 5.05. The minimum absolute atomic E-state index is 0.109. The molecule has 2 aliphatic rings. The van der Waals surface area contributed by atoms with Gasteiger partial charge < -0.3 is 19.5 Å². The number of anilines is 1. The number of carbonyl (C=O) groups is 2. The number of nitrogens with zero attached hydrogens (tertiary/aromatic N) is 3. The number of rotatable bonds is 5. The van der Waals surface area contributed by atoms with Crippen molar-refractivity contribution >= 4 is 28.9 Å². The minimum atomic E-state index is -0.192. The Labute approximate surface area is 165 Å². The van der Waals surface area contributed by atoms with Crippen molar-refractivity contribution < 1.29 is 14.0 Å². The molecule has 2 amide bonds. The van der Waals surface area contributed by atoms with E-state index >= 15 is 0 Å². The summed E-state index contributed by atoms with van der Waals surface area (Å²) in [5.41, 5.74) is 1.46. The second kappa shape index (κ2) is 7.81. The number of para-hydroxylation sites is 2. The largest absolute Gasteiger partial charge is 0.423 e. The zero-order valence-corrected chi connectivity index (χ0v) is 16.4. The van der Waals surface area contributed by atoms with Gasteiger partial charge in [-0.15, -0.1) is 0 Å². The number of oxazole rings is 1. The Kier molecular flexibility index (Phi) is 5.24. The van der Waals surface area contributed by atoms with Crippen molar-refractivity contribution in [3.63, 3.8) is 0 Å². The number of carbonyl (C=O) groups excluding carboxylic acids is 2. The number of hydrogen-bond acceptors (Lipinski definition) is 5. The molecule has 1 aromatic heterocycles. The zero-order valence-electron chi connectivity index (χ0n) is 16.4. The van der Waals surface area contributed by atoms with Crippen LogP contribution in [0.3, 0.4) is 0 Å². The van der Waals surface area contributed by atoms with Gasteiger partial charge in [0.1, 0.15) is 5.52 Å². The number of nitrogens with one attached hydrogen (secondary N) is 1. The standard InChI is InChI=1S/C21H28N4O3/c1-2-21(10-8-18(26)23-21)11-9-19(27)24-12-5-13-25(15-14-24)20-22-16-6-3-4-7-17(16)28-20/h3-4,6-7H,2,5,8-15H2,1H3,(H,23,26). The van der Waals surface area contributed by atoms with Gasteiger partial charge in [0.25, 0.3) is 6.01 Å². The molecule has 1 atom stereocenters. The number of amides is 2. The fourth-order valence-electron chi connectivity index (χ4n) is 4.26. The lowest BCUT2D eigenvalue weighted by Crippen LogP contribution is -2.43. The summed E-state index contributed by atoms with van der Waals surface area (Å²) in [6.07, 6.45) is 4.38. The molecule has 2 aliphatic heterocycles. The summed E-state index contributed by atoms with van der Waals surface area (Å²) in [5, 5.41) is 3.09. The van der Waals surface area contributed by atoms with Crippen LogP contribution in [0.15, 0.2) is 28.7 Å². The highest BCUT2D eigenvalue weighted by molar-refractivity contribution is 5.80. The SMILES string of the molecule is CCC1(CCC(=O)N2CCCN(c3nc4ccccc4o3)CC2)CCC(=O)N1. The second-order valence-electron chi connectivity index (χ2n) is 7.87. The van der Waals surface area contributed by atoms with E-state index in [4.69, 9.17) is 4.42 Å². The van der Waals surface area contributed by atoms with Gasteiger partial charge in [-0.3, -0.25) is 9.59 Å². The Balaban J connectivity index is 1.34. The van der Waals surface area contributed by atoms with Crippen LogP contribution in [0.1, 0.15) is 45.4 Å². The molecule has 0 spiro atoms. The molecule has 1 N–H and O–H groups in total. The molecule has 4 rings (SSSR count). The third kappa shape index (κ3) is 3.84. The number of benzene rings is 1. The molecule has 7 nitrogen and oxygen atoms in total. The lowest BCUT2D eigenvalue weighted by Gasteiger charge is -2.29. The lowest BCUT2D eigenvalue weighted by molar-refractivity contribution is -0.131. The Morgan fingerprint density at radius 2 is 2.11 bits per heavy atom. The summed E-state index contributed by atoms with van der Waals surface area (Å²) < 4.78 is 5.88. The molecule has 0 radical (unpaired) electrons. The molecule has 1 unspecified atom stereocenters. The highest BCUT2D eigenvalue weighted by atomic mass is 16.4. The van der Waals surface area contributed by atoms with Crippen LogP contribution in [0.4, 0.5) is 6.01 Å². The van der Waals surface area contributed by atoms with Gasteiger partial charge in [-0.2, -0.15) is 4.98 Å². The molecule has 0 saturated carbocycles. The third-order valence-corrected chi connectivity index (χ3v) is 6.13. The van der Waals surface area contributed by atoms with E-state index in [1.165, 1.54) is 0 Å². The monoisotopic (exact) mass is 384 g/mol. The van der Waals surface area contributed by atoms with Gasteiger partial charge in [-0.05, 0) is 37.8 Å². The first-order valence-corrected chi connectivity index (χ1v) is 10.3. The number of hydrogen-bond donors (Lipinski definition) is 1. The van der Waals surface area contributed by atoms with E-state index in [0.717, 1.165) is 49.9 Å². The number of aromatic nitrogens is 1. The molecule has 2 fully saturated rings. The van der Waals surface area contributed by atoms with Crippen LogP contribution >= 0.6 is 0 Å². The van der Waals surface area contributed by atoms with Gasteiger partial charge in [0.2, 0.25) is 11.8 Å². The highest BCUT2D eigenvalue weighted by Crippen LogP contribution is 2.29. The summed E-state index contributed by atoms with van der Waals surface area (Å²) in [4.78, 5) is 33.1. The smallest absolute Gasteiger partial charge is 0.298 e. The average molecular weight is 384 g/mol. The maximum Gasteiger partial charge on any atom is 0.298 e. The number of fused-ring (bicyclic) bond motifs is 1. The van der Waals surface area contributed by atoms with Crippen LogP contribution in [0.2, 0.25) is 0 Å². The Morgan fingerprint density at radius 1 is 1.25 bits per heavy atom. The summed E-state index contributed by atoms with van der Waals surface area (Å²) in [5.74, 6) is 0.284. The molecule has 1 aromatic carbocycles. The predicted octanol–water partition coefficient (Wildman–Crippen LogP) is 2.71. The van der Waals surface area contributed by atoms with Gasteiger partial charge in [-0.25, -0.2) is 0 Å². The molecular weight excluding hydrogens is 356 g/mol. The second-order valence-corrected chi connectivity index (χ2v) is 7.87. The first kappa shape index (κ1) is 18.8. The van der Waals surface area contributed by atoms with E-state index in [2.05, 4.69) is 22.1 Å². The maximum absolute atomic E-state index is 12.8. The normalized spacial score (nSPS) is 23.1. The first-order chi connectivity index (χ1) is 13.6. The lowest BCUT2D eigenvalue weighted by atomic mass is 9.88. The summed E-state index contributed by atoms with van der Waals surface area (Å²) in [7, 11) is 0. The van der Waals surface area contributed by atoms with Gasteiger partial charge in [0, 0.05) is 44.6 Å². The van der Waals surface area contributed by atoms with Crippen LogP contribution in [-0.2, 0) is 9.59 Å². The van der Waals surface area contributed by atoms with E-state index in [-0.39, 0.29) is 17.4 Å². The molecule has 7 heteroatoms. The van der Waals surface area contributed by atoms with Crippen molar-refractivity contribution in [2.24, 2.45) is 0 Å². The highest BCUT2D eigenvalue weighted by Gasteiger charge is 2.36. The quantitative estimate of drug-likeness (QED) is 0.857. The molecule has 28 heavy (non-hydrogen) atoms. The molecule has 150 valence electrons. The zero-order chi connectivity index (χ0) is 19.6. The van der Waals surface area contributed by atoms with E-state index in [9.17, 15) is 9.59 Å². The van der Waals surface area contributed by atoms with Gasteiger partial charge in [0.05, 0.1) is 0 Å². The van der Waals surface area contributed by atoms with Crippen molar-refractivity contribution in [1.29, 1.82) is 0 Å². The Hall–Kier alpha value is -2.57. The van der Waals surface area contributed by atoms with Crippen molar-refractivity contribution in [3.8, 4) is 0 Å². The summed E-state index contributed by atoms with van der Waals surface area (Å²) >= 11 is 0. The van der Waals surface area contributed by atoms with Crippen LogP contribution in [0, 0.1) is 0 Å². The van der Waals surface area contributed by atoms with Crippen LogP contribution in [0.5, 0.6) is 0 Å². The van der Waals surface area contributed by atoms with E-state index < -0.39 is 0 Å². The van der Waals surface area contributed by atoms with E-state index in [1.54, 1.807) is 0 Å².